The van der Waals surface area contributed by atoms with Gasteiger partial charge in [-0.2, -0.15) is 0 Å². The third kappa shape index (κ3) is 5.08. The maximum absolute atomic E-state index is 12.9. The van der Waals surface area contributed by atoms with Gasteiger partial charge in [-0.25, -0.2) is 12.7 Å². The third-order valence-corrected chi connectivity index (χ3v) is 5.35. The van der Waals surface area contributed by atoms with Crippen LogP contribution in [-0.2, 0) is 14.8 Å². The summed E-state index contributed by atoms with van der Waals surface area (Å²) in [5.41, 5.74) is 2.50. The second-order valence-electron chi connectivity index (χ2n) is 6.05. The van der Waals surface area contributed by atoms with Crippen molar-refractivity contribution < 1.29 is 13.2 Å². The van der Waals surface area contributed by atoms with E-state index in [2.05, 4.69) is 11.8 Å². The largest absolute Gasteiger partial charge is 0.312 e. The number of benzene rings is 2. The van der Waals surface area contributed by atoms with Crippen LogP contribution < -0.4 is 0 Å². The molecule has 0 spiro atoms. The fourth-order valence-electron chi connectivity index (χ4n) is 2.10. The smallest absolute Gasteiger partial charge is 0.258 e. The minimum absolute atomic E-state index is 0.0547. The molecule has 4 nitrogen and oxygen atoms in total. The van der Waals surface area contributed by atoms with Crippen LogP contribution >= 0.6 is 0 Å². The summed E-state index contributed by atoms with van der Waals surface area (Å²) in [4.78, 5) is 12.6. The van der Waals surface area contributed by atoms with Crippen molar-refractivity contribution in [2.45, 2.75) is 25.7 Å². The van der Waals surface area contributed by atoms with Crippen molar-refractivity contribution >= 4 is 15.9 Å². The quantitative estimate of drug-likeness (QED) is 0.614. The molecule has 26 heavy (non-hydrogen) atoms. The van der Waals surface area contributed by atoms with E-state index in [1.165, 1.54) is 12.1 Å². The Morgan fingerprint density at radius 3 is 2.23 bits per heavy atom. The number of sulfonamides is 1. The van der Waals surface area contributed by atoms with Gasteiger partial charge in [0.15, 0.2) is 0 Å². The molecule has 0 saturated carbocycles. The summed E-state index contributed by atoms with van der Waals surface area (Å²) in [7, 11) is -3.98. The average Bonchev–Trinajstić information content (AvgIpc) is 2.61. The maximum atomic E-state index is 12.9. The Hall–Kier alpha value is -2.84. The molecule has 0 atom stereocenters. The Bertz CT molecular complexity index is 959. The number of amides is 1. The van der Waals surface area contributed by atoms with E-state index in [1.807, 2.05) is 26.8 Å². The van der Waals surface area contributed by atoms with Crippen LogP contribution in [0, 0.1) is 18.8 Å². The molecule has 0 aliphatic carbocycles. The highest BCUT2D eigenvalue weighted by atomic mass is 32.2. The first-order valence-corrected chi connectivity index (χ1v) is 9.58. The summed E-state index contributed by atoms with van der Waals surface area (Å²) >= 11 is 0. The van der Waals surface area contributed by atoms with Crippen molar-refractivity contribution in [2.75, 3.05) is 6.54 Å². The summed E-state index contributed by atoms with van der Waals surface area (Å²) in [5.74, 6) is 4.40. The van der Waals surface area contributed by atoms with Gasteiger partial charge in [-0.3, -0.25) is 4.79 Å². The molecule has 0 radical (unpaired) electrons. The van der Waals surface area contributed by atoms with Gasteiger partial charge in [0, 0.05) is 11.5 Å². The fourth-order valence-corrected chi connectivity index (χ4v) is 3.37. The molecule has 0 heterocycles. The zero-order valence-corrected chi connectivity index (χ0v) is 15.9. The molecule has 2 aromatic carbocycles. The van der Waals surface area contributed by atoms with E-state index in [4.69, 9.17) is 0 Å². The standard InChI is InChI=1S/C21H21NO3S/c1-17(2)15-16-22(21(23)14-11-19-7-5-4-6-8-19)26(24,25)20-12-9-18(3)10-13-20/h4-10,12-13,15H,16H2,1-3H3. The minimum Gasteiger partial charge on any atom is -0.258 e. The second-order valence-corrected chi connectivity index (χ2v) is 7.91. The Morgan fingerprint density at radius 1 is 1.04 bits per heavy atom. The highest BCUT2D eigenvalue weighted by molar-refractivity contribution is 7.89. The van der Waals surface area contributed by atoms with Crippen molar-refractivity contribution in [3.63, 3.8) is 0 Å². The van der Waals surface area contributed by atoms with E-state index in [1.54, 1.807) is 42.5 Å². The van der Waals surface area contributed by atoms with Gasteiger partial charge in [0.1, 0.15) is 0 Å². The average molecular weight is 367 g/mol. The number of carbonyl (C=O) groups is 1. The van der Waals surface area contributed by atoms with Gasteiger partial charge >= 0.3 is 5.91 Å². The lowest BCUT2D eigenvalue weighted by Gasteiger charge is -2.19. The van der Waals surface area contributed by atoms with Gasteiger partial charge in [-0.15, -0.1) is 0 Å². The monoisotopic (exact) mass is 367 g/mol. The molecule has 0 aliphatic heterocycles. The van der Waals surface area contributed by atoms with Crippen LogP contribution in [0.2, 0.25) is 0 Å². The molecule has 0 aliphatic rings. The van der Waals surface area contributed by atoms with E-state index in [0.29, 0.717) is 5.56 Å². The number of hydrogen-bond acceptors (Lipinski definition) is 3. The zero-order valence-electron chi connectivity index (χ0n) is 15.1. The maximum Gasteiger partial charge on any atom is 0.312 e. The Balaban J connectivity index is 2.39. The molecule has 0 saturated heterocycles. The summed E-state index contributed by atoms with van der Waals surface area (Å²) in [5, 5.41) is 0. The molecule has 5 heteroatoms. The first-order chi connectivity index (χ1) is 12.3. The Morgan fingerprint density at radius 2 is 1.65 bits per heavy atom. The zero-order chi connectivity index (χ0) is 19.2. The second kappa shape index (κ2) is 8.50. The lowest BCUT2D eigenvalue weighted by Crippen LogP contribution is -2.36. The van der Waals surface area contributed by atoms with Gasteiger partial charge in [0.05, 0.1) is 11.4 Å². The molecule has 0 N–H and O–H groups in total. The van der Waals surface area contributed by atoms with Crippen LogP contribution in [0.4, 0.5) is 0 Å². The van der Waals surface area contributed by atoms with Crippen LogP contribution in [-0.4, -0.2) is 25.2 Å². The third-order valence-electron chi connectivity index (χ3n) is 3.59. The topological polar surface area (TPSA) is 54.5 Å². The molecule has 0 unspecified atom stereocenters. The van der Waals surface area contributed by atoms with Crippen molar-refractivity contribution in [1.29, 1.82) is 0 Å². The van der Waals surface area contributed by atoms with Crippen LogP contribution in [0.1, 0.15) is 25.0 Å². The normalized spacial score (nSPS) is 10.4. The molecular formula is C21H21NO3S. The molecule has 1 amide bonds. The first kappa shape index (κ1) is 19.5. The summed E-state index contributed by atoms with van der Waals surface area (Å²) < 4.78 is 26.6. The van der Waals surface area contributed by atoms with Gasteiger partial charge in [-0.05, 0) is 45.0 Å². The van der Waals surface area contributed by atoms with E-state index >= 15 is 0 Å². The number of hydrogen-bond donors (Lipinski definition) is 0. The van der Waals surface area contributed by atoms with Crippen LogP contribution in [0.5, 0.6) is 0 Å². The van der Waals surface area contributed by atoms with Crippen molar-refractivity contribution in [3.8, 4) is 11.8 Å². The van der Waals surface area contributed by atoms with Gasteiger partial charge in [0.2, 0.25) is 0 Å². The van der Waals surface area contributed by atoms with Crippen molar-refractivity contribution in [2.24, 2.45) is 0 Å². The number of rotatable bonds is 4. The van der Waals surface area contributed by atoms with E-state index in [0.717, 1.165) is 15.4 Å². The van der Waals surface area contributed by atoms with E-state index in [-0.39, 0.29) is 11.4 Å². The van der Waals surface area contributed by atoms with Crippen molar-refractivity contribution in [3.05, 3.63) is 77.4 Å². The van der Waals surface area contributed by atoms with Gasteiger partial charge < -0.3 is 0 Å². The van der Waals surface area contributed by atoms with Crippen LogP contribution in [0.15, 0.2) is 71.1 Å². The van der Waals surface area contributed by atoms with E-state index in [9.17, 15) is 13.2 Å². The molecular weight excluding hydrogens is 346 g/mol. The summed E-state index contributed by atoms with van der Waals surface area (Å²) in [6, 6.07) is 15.4. The number of allylic oxidation sites excluding steroid dienone is 1. The molecule has 2 aromatic rings. The Labute approximate surface area is 155 Å². The minimum atomic E-state index is -3.98. The number of carbonyl (C=O) groups excluding carboxylic acids is 1. The highest BCUT2D eigenvalue weighted by Crippen LogP contribution is 2.17. The SMILES string of the molecule is CC(C)=CCN(C(=O)C#Cc1ccccc1)S(=O)(=O)c1ccc(C)cc1. The first-order valence-electron chi connectivity index (χ1n) is 8.14. The van der Waals surface area contributed by atoms with Crippen molar-refractivity contribution in [1.82, 2.24) is 4.31 Å². The molecule has 0 bridgehead atoms. The molecule has 2 rings (SSSR count). The summed E-state index contributed by atoms with van der Waals surface area (Å²) in [6.45, 7) is 5.50. The predicted molar refractivity (Wildman–Crippen MR) is 103 cm³/mol. The van der Waals surface area contributed by atoms with Crippen LogP contribution in [0.3, 0.4) is 0 Å². The fraction of sp³-hybridized carbons (Fsp3) is 0.190. The molecule has 0 fully saturated rings. The predicted octanol–water partition coefficient (Wildman–Crippen LogP) is 3.53. The lowest BCUT2D eigenvalue weighted by molar-refractivity contribution is -0.120. The Kier molecular flexibility index (Phi) is 6.37. The van der Waals surface area contributed by atoms with Gasteiger partial charge in [0.25, 0.3) is 10.0 Å². The van der Waals surface area contributed by atoms with Gasteiger partial charge in [-0.1, -0.05) is 53.5 Å². The molecule has 0 aromatic heterocycles. The highest BCUT2D eigenvalue weighted by Gasteiger charge is 2.27. The number of nitrogens with zero attached hydrogens (tertiary/aromatic N) is 1. The lowest BCUT2D eigenvalue weighted by atomic mass is 10.2. The van der Waals surface area contributed by atoms with Crippen LogP contribution in [0.25, 0.3) is 0 Å². The molecule has 134 valence electrons. The number of aryl methyl sites for hydroxylation is 1. The summed E-state index contributed by atoms with van der Waals surface area (Å²) in [6.07, 6.45) is 1.69. The van der Waals surface area contributed by atoms with E-state index < -0.39 is 15.9 Å².